The van der Waals surface area contributed by atoms with Crippen LogP contribution in [-0.2, 0) is 0 Å². The molecule has 11 heavy (non-hydrogen) atoms. The lowest BCUT2D eigenvalue weighted by atomic mass is 10.0. The van der Waals surface area contributed by atoms with Crippen molar-refractivity contribution in [2.75, 3.05) is 0 Å². The second kappa shape index (κ2) is 2.22. The van der Waals surface area contributed by atoms with Gasteiger partial charge in [-0.3, -0.25) is 4.79 Å². The number of benzene rings is 1. The summed E-state index contributed by atoms with van der Waals surface area (Å²) in [5, 5.41) is 0. The number of hydrogen-bond donors (Lipinski definition) is 0. The monoisotopic (exact) mass is 142 g/mol. The number of carbonyl (C=O) groups is 1. The van der Waals surface area contributed by atoms with Crippen molar-refractivity contribution in [3.8, 4) is 0 Å². The van der Waals surface area contributed by atoms with Gasteiger partial charge >= 0.3 is 0 Å². The largest absolute Gasteiger partial charge is 0.289 e. The van der Waals surface area contributed by atoms with Crippen LogP contribution in [0.2, 0.25) is 0 Å². The molecular formula is C10H6O. The lowest BCUT2D eigenvalue weighted by Crippen LogP contribution is -1.98. The van der Waals surface area contributed by atoms with E-state index in [4.69, 9.17) is 0 Å². The molecule has 1 heteroatoms. The zero-order chi connectivity index (χ0) is 7.68. The number of fused-ring (bicyclic) bond motifs is 1. The van der Waals surface area contributed by atoms with Crippen molar-refractivity contribution in [2.45, 2.75) is 0 Å². The highest BCUT2D eigenvalue weighted by Crippen LogP contribution is 2.14. The average Bonchev–Trinajstić information content (AvgIpc) is 2.06. The Kier molecular flexibility index (Phi) is 1.24. The van der Waals surface area contributed by atoms with E-state index in [1.54, 1.807) is 0 Å². The van der Waals surface area contributed by atoms with E-state index in [-0.39, 0.29) is 5.78 Å². The molecular weight excluding hydrogens is 136 g/mol. The first-order valence-electron chi connectivity index (χ1n) is 3.44. The summed E-state index contributed by atoms with van der Waals surface area (Å²) in [7, 11) is 0. The second-order valence-corrected chi connectivity index (χ2v) is 2.41. The van der Waals surface area contributed by atoms with Crippen molar-refractivity contribution in [3.05, 3.63) is 47.2 Å². The molecule has 1 aromatic rings. The van der Waals surface area contributed by atoms with E-state index in [0.717, 1.165) is 11.1 Å². The van der Waals surface area contributed by atoms with Gasteiger partial charge in [0, 0.05) is 11.6 Å². The van der Waals surface area contributed by atoms with Gasteiger partial charge in [-0.1, -0.05) is 24.3 Å². The number of hydrogen-bond acceptors (Lipinski definition) is 1. The number of carbonyl (C=O) groups excluding carboxylic acids is 1. The van der Waals surface area contributed by atoms with E-state index < -0.39 is 0 Å². The molecule has 0 spiro atoms. The molecule has 0 heterocycles. The van der Waals surface area contributed by atoms with Gasteiger partial charge in [0.15, 0.2) is 5.78 Å². The Balaban J connectivity index is 2.74. The molecule has 0 saturated carbocycles. The summed E-state index contributed by atoms with van der Waals surface area (Å²) in [6.07, 6.45) is 3.28. The minimum atomic E-state index is 0.0445. The molecule has 0 amide bonds. The topological polar surface area (TPSA) is 17.1 Å². The van der Waals surface area contributed by atoms with Gasteiger partial charge in [0.2, 0.25) is 0 Å². The highest BCUT2D eigenvalue weighted by molar-refractivity contribution is 6.08. The Hall–Kier alpha value is -1.59. The number of ketones is 1. The summed E-state index contributed by atoms with van der Waals surface area (Å²) in [5.41, 5.74) is 4.52. The van der Waals surface area contributed by atoms with Crippen LogP contribution in [0.1, 0.15) is 15.9 Å². The van der Waals surface area contributed by atoms with Crippen LogP contribution in [0.15, 0.2) is 36.1 Å². The van der Waals surface area contributed by atoms with E-state index in [9.17, 15) is 4.79 Å². The van der Waals surface area contributed by atoms with Crippen LogP contribution in [-0.4, -0.2) is 5.78 Å². The van der Waals surface area contributed by atoms with Gasteiger partial charge in [0.05, 0.1) is 0 Å². The predicted molar refractivity (Wildman–Crippen MR) is 43.3 cm³/mol. The molecule has 1 aromatic carbocycles. The highest BCUT2D eigenvalue weighted by atomic mass is 16.1. The Morgan fingerprint density at radius 1 is 1.09 bits per heavy atom. The van der Waals surface area contributed by atoms with Crippen LogP contribution in [0.4, 0.5) is 0 Å². The minimum Gasteiger partial charge on any atom is -0.289 e. The molecule has 1 nitrogen and oxygen atoms in total. The van der Waals surface area contributed by atoms with Gasteiger partial charge in [0.25, 0.3) is 0 Å². The van der Waals surface area contributed by atoms with Crippen LogP contribution in [0.5, 0.6) is 0 Å². The highest BCUT2D eigenvalue weighted by Gasteiger charge is 2.07. The Morgan fingerprint density at radius 2 is 1.91 bits per heavy atom. The molecule has 0 aromatic heterocycles. The fraction of sp³-hybridized carbons (Fsp3) is 0. The molecule has 2 rings (SSSR count). The summed E-state index contributed by atoms with van der Waals surface area (Å²) in [6.45, 7) is 0. The average molecular weight is 142 g/mol. The van der Waals surface area contributed by atoms with Crippen LogP contribution in [0.3, 0.4) is 0 Å². The Labute approximate surface area is 64.7 Å². The lowest BCUT2D eigenvalue weighted by molar-refractivity contribution is 0.104. The first-order chi connectivity index (χ1) is 5.38. The number of allylic oxidation sites excluding steroid dienone is 1. The summed E-state index contributed by atoms with van der Waals surface area (Å²) >= 11 is 0. The van der Waals surface area contributed by atoms with E-state index in [2.05, 4.69) is 5.73 Å². The Morgan fingerprint density at radius 3 is 2.73 bits per heavy atom. The third-order valence-electron chi connectivity index (χ3n) is 1.68. The third kappa shape index (κ3) is 0.917. The maximum absolute atomic E-state index is 11.1. The van der Waals surface area contributed by atoms with Crippen LogP contribution >= 0.6 is 0 Å². The van der Waals surface area contributed by atoms with Gasteiger partial charge in [0.1, 0.15) is 0 Å². The molecule has 1 aliphatic rings. The maximum atomic E-state index is 11.1. The molecule has 52 valence electrons. The molecule has 0 bridgehead atoms. The molecule has 1 aliphatic carbocycles. The molecule has 0 fully saturated rings. The van der Waals surface area contributed by atoms with Gasteiger partial charge < -0.3 is 0 Å². The quantitative estimate of drug-likeness (QED) is 0.506. The minimum absolute atomic E-state index is 0.0445. The zero-order valence-corrected chi connectivity index (χ0v) is 5.87. The maximum Gasteiger partial charge on any atom is 0.194 e. The van der Waals surface area contributed by atoms with Crippen molar-refractivity contribution < 1.29 is 4.79 Å². The summed E-state index contributed by atoms with van der Waals surface area (Å²) in [5.74, 6) is 0.0445. The van der Waals surface area contributed by atoms with Crippen molar-refractivity contribution >= 4 is 11.9 Å². The van der Waals surface area contributed by atoms with Crippen LogP contribution < -0.4 is 0 Å². The normalized spacial score (nSPS) is 13.3. The summed E-state index contributed by atoms with van der Waals surface area (Å²) in [6, 6.07) is 7.51. The molecule has 0 unspecified atom stereocenters. The fourth-order valence-electron chi connectivity index (χ4n) is 1.13. The van der Waals surface area contributed by atoms with Crippen LogP contribution in [0, 0.1) is 0 Å². The summed E-state index contributed by atoms with van der Waals surface area (Å²) < 4.78 is 0. The fourth-order valence-corrected chi connectivity index (χ4v) is 1.13. The zero-order valence-electron chi connectivity index (χ0n) is 5.87. The molecule has 0 saturated heterocycles. The number of rotatable bonds is 0. The molecule has 0 atom stereocenters. The Bertz CT molecular complexity index is 353. The van der Waals surface area contributed by atoms with Gasteiger partial charge in [-0.2, -0.15) is 0 Å². The van der Waals surface area contributed by atoms with E-state index >= 15 is 0 Å². The molecule has 0 aliphatic heterocycles. The van der Waals surface area contributed by atoms with Crippen molar-refractivity contribution in [1.82, 2.24) is 0 Å². The SMILES string of the molecule is O=C1C=C=Cc2ccccc21. The first-order valence-corrected chi connectivity index (χ1v) is 3.44. The second-order valence-electron chi connectivity index (χ2n) is 2.41. The van der Waals surface area contributed by atoms with E-state index in [1.165, 1.54) is 6.08 Å². The molecule has 0 N–H and O–H groups in total. The lowest BCUT2D eigenvalue weighted by Gasteiger charge is -2.02. The van der Waals surface area contributed by atoms with Crippen molar-refractivity contribution in [3.63, 3.8) is 0 Å². The van der Waals surface area contributed by atoms with Gasteiger partial charge in [-0.15, -0.1) is 5.73 Å². The van der Waals surface area contributed by atoms with Gasteiger partial charge in [-0.05, 0) is 11.6 Å². The smallest absolute Gasteiger partial charge is 0.194 e. The predicted octanol–water partition coefficient (Wildman–Crippen LogP) is 2.05. The van der Waals surface area contributed by atoms with Gasteiger partial charge in [-0.25, -0.2) is 0 Å². The third-order valence-corrected chi connectivity index (χ3v) is 1.68. The first kappa shape index (κ1) is 6.14. The van der Waals surface area contributed by atoms with Crippen molar-refractivity contribution in [1.29, 1.82) is 0 Å². The summed E-state index contributed by atoms with van der Waals surface area (Å²) in [4.78, 5) is 11.1. The molecule has 0 radical (unpaired) electrons. The van der Waals surface area contributed by atoms with E-state index in [0.29, 0.717) is 0 Å². The van der Waals surface area contributed by atoms with Crippen molar-refractivity contribution in [2.24, 2.45) is 0 Å². The standard InChI is InChI=1S/C10H6O/c11-10-7-3-5-8-4-1-2-6-9(8)10/h1-2,4-7H. The van der Waals surface area contributed by atoms with E-state index in [1.807, 2.05) is 30.3 Å². The van der Waals surface area contributed by atoms with Crippen LogP contribution in [0.25, 0.3) is 6.08 Å².